The van der Waals surface area contributed by atoms with E-state index in [-0.39, 0.29) is 0 Å². The van der Waals surface area contributed by atoms with E-state index >= 15 is 0 Å². The maximum Gasteiger partial charge on any atom is 0.00674 e. The number of nitrogens with two attached hydrogens (primary N) is 1. The van der Waals surface area contributed by atoms with Crippen LogP contribution in [0.15, 0.2) is 0 Å². The summed E-state index contributed by atoms with van der Waals surface area (Å²) < 4.78 is 0. The summed E-state index contributed by atoms with van der Waals surface area (Å²) in [6.07, 6.45) is 6.52. The molecule has 1 aliphatic heterocycles. The summed E-state index contributed by atoms with van der Waals surface area (Å²) in [4.78, 5) is 2.66. The summed E-state index contributed by atoms with van der Waals surface area (Å²) >= 11 is 0. The Labute approximate surface area is 95.2 Å². The fraction of sp³-hybridized carbons (Fsp3) is 1.00. The zero-order chi connectivity index (χ0) is 11.3. The van der Waals surface area contributed by atoms with Crippen molar-refractivity contribution in [2.24, 2.45) is 11.1 Å². The van der Waals surface area contributed by atoms with Crippen molar-refractivity contribution < 1.29 is 0 Å². The average Bonchev–Trinajstić information content (AvgIpc) is 2.36. The van der Waals surface area contributed by atoms with Gasteiger partial charge in [0.2, 0.25) is 0 Å². The lowest BCUT2D eigenvalue weighted by Gasteiger charge is -2.28. The highest BCUT2D eigenvalue weighted by Crippen LogP contribution is 2.30. The summed E-state index contributed by atoms with van der Waals surface area (Å²) in [6.45, 7) is 10.6. The Morgan fingerprint density at radius 3 is 2.67 bits per heavy atom. The molecular formula is C13H28N2. The van der Waals surface area contributed by atoms with Crippen LogP contribution in [0.3, 0.4) is 0 Å². The van der Waals surface area contributed by atoms with Crippen LogP contribution in [0.1, 0.15) is 52.9 Å². The third-order valence-corrected chi connectivity index (χ3v) is 3.82. The van der Waals surface area contributed by atoms with Gasteiger partial charge in [-0.1, -0.05) is 13.8 Å². The van der Waals surface area contributed by atoms with Gasteiger partial charge < -0.3 is 10.6 Å². The van der Waals surface area contributed by atoms with Gasteiger partial charge in [-0.2, -0.15) is 0 Å². The van der Waals surface area contributed by atoms with Crippen molar-refractivity contribution in [3.63, 3.8) is 0 Å². The Morgan fingerprint density at radius 2 is 2.00 bits per heavy atom. The van der Waals surface area contributed by atoms with Crippen molar-refractivity contribution >= 4 is 0 Å². The first kappa shape index (κ1) is 13.0. The lowest BCUT2D eigenvalue weighted by Crippen LogP contribution is -2.34. The van der Waals surface area contributed by atoms with Gasteiger partial charge in [0.25, 0.3) is 0 Å². The Bertz CT molecular complexity index is 177. The molecule has 15 heavy (non-hydrogen) atoms. The highest BCUT2D eigenvalue weighted by atomic mass is 15.1. The van der Waals surface area contributed by atoms with Gasteiger partial charge in [-0.25, -0.2) is 0 Å². The van der Waals surface area contributed by atoms with Crippen LogP contribution >= 0.6 is 0 Å². The third kappa shape index (κ3) is 4.52. The summed E-state index contributed by atoms with van der Waals surface area (Å²) in [5, 5.41) is 0. The number of rotatable bonds is 4. The van der Waals surface area contributed by atoms with Crippen molar-refractivity contribution in [2.75, 3.05) is 19.6 Å². The fourth-order valence-corrected chi connectivity index (χ4v) is 2.48. The molecule has 2 nitrogen and oxygen atoms in total. The molecule has 1 atom stereocenters. The molecule has 0 radical (unpaired) electrons. The van der Waals surface area contributed by atoms with E-state index in [4.69, 9.17) is 5.73 Å². The summed E-state index contributed by atoms with van der Waals surface area (Å²) in [5.41, 5.74) is 6.12. The second-order valence-corrected chi connectivity index (χ2v) is 5.83. The van der Waals surface area contributed by atoms with Gasteiger partial charge in [-0.15, -0.1) is 0 Å². The topological polar surface area (TPSA) is 29.3 Å². The SMILES string of the molecule is CC(CCCN)N1CCCC(C)(C)CC1. The smallest absolute Gasteiger partial charge is 0.00674 e. The van der Waals surface area contributed by atoms with Crippen LogP contribution in [0.5, 0.6) is 0 Å². The molecule has 0 spiro atoms. The van der Waals surface area contributed by atoms with Crippen LogP contribution in [-0.4, -0.2) is 30.6 Å². The Morgan fingerprint density at radius 1 is 1.27 bits per heavy atom. The molecule has 1 aliphatic rings. The zero-order valence-electron chi connectivity index (χ0n) is 10.8. The fourth-order valence-electron chi connectivity index (χ4n) is 2.48. The molecule has 1 heterocycles. The molecule has 0 bridgehead atoms. The third-order valence-electron chi connectivity index (χ3n) is 3.82. The lowest BCUT2D eigenvalue weighted by atomic mass is 9.85. The van der Waals surface area contributed by atoms with E-state index in [9.17, 15) is 0 Å². The molecule has 2 heteroatoms. The molecule has 1 rings (SSSR count). The van der Waals surface area contributed by atoms with Gasteiger partial charge in [-0.05, 0) is 64.1 Å². The molecule has 0 amide bonds. The number of hydrogen-bond donors (Lipinski definition) is 1. The summed E-state index contributed by atoms with van der Waals surface area (Å²) in [6, 6.07) is 0.724. The van der Waals surface area contributed by atoms with Crippen LogP contribution in [-0.2, 0) is 0 Å². The average molecular weight is 212 g/mol. The molecule has 1 unspecified atom stereocenters. The van der Waals surface area contributed by atoms with Crippen LogP contribution in [0.25, 0.3) is 0 Å². The van der Waals surface area contributed by atoms with Gasteiger partial charge in [-0.3, -0.25) is 0 Å². The van der Waals surface area contributed by atoms with Crippen LogP contribution in [0.2, 0.25) is 0 Å². The van der Waals surface area contributed by atoms with Gasteiger partial charge in [0.05, 0.1) is 0 Å². The molecule has 0 aliphatic carbocycles. The molecule has 0 aromatic carbocycles. The second kappa shape index (κ2) is 5.86. The minimum Gasteiger partial charge on any atom is -0.330 e. The normalized spacial score (nSPS) is 24.8. The van der Waals surface area contributed by atoms with Gasteiger partial charge in [0, 0.05) is 6.04 Å². The Hall–Kier alpha value is -0.0800. The number of nitrogens with zero attached hydrogens (tertiary/aromatic N) is 1. The first-order valence-corrected chi connectivity index (χ1v) is 6.49. The van der Waals surface area contributed by atoms with E-state index in [1.54, 1.807) is 0 Å². The highest BCUT2D eigenvalue weighted by Gasteiger charge is 2.24. The van der Waals surface area contributed by atoms with Crippen LogP contribution in [0, 0.1) is 5.41 Å². The monoisotopic (exact) mass is 212 g/mol. The maximum absolute atomic E-state index is 5.56. The molecule has 1 fully saturated rings. The highest BCUT2D eigenvalue weighted by molar-refractivity contribution is 4.78. The molecule has 1 saturated heterocycles. The minimum atomic E-state index is 0.558. The first-order chi connectivity index (χ1) is 7.05. The lowest BCUT2D eigenvalue weighted by molar-refractivity contribution is 0.196. The van der Waals surface area contributed by atoms with Crippen molar-refractivity contribution in [2.45, 2.75) is 58.9 Å². The summed E-state index contributed by atoms with van der Waals surface area (Å²) in [5.74, 6) is 0. The Kier molecular flexibility index (Phi) is 5.07. The van der Waals surface area contributed by atoms with Crippen molar-refractivity contribution in [3.8, 4) is 0 Å². The summed E-state index contributed by atoms with van der Waals surface area (Å²) in [7, 11) is 0. The maximum atomic E-state index is 5.56. The molecule has 90 valence electrons. The number of likely N-dealkylation sites (tertiary alicyclic amines) is 1. The second-order valence-electron chi connectivity index (χ2n) is 5.83. The quantitative estimate of drug-likeness (QED) is 0.776. The van der Waals surface area contributed by atoms with E-state index in [2.05, 4.69) is 25.7 Å². The largest absolute Gasteiger partial charge is 0.330 e. The van der Waals surface area contributed by atoms with Gasteiger partial charge in [0.15, 0.2) is 0 Å². The van der Waals surface area contributed by atoms with E-state index in [0.29, 0.717) is 5.41 Å². The Balaban J connectivity index is 2.36. The minimum absolute atomic E-state index is 0.558. The van der Waals surface area contributed by atoms with E-state index in [1.165, 1.54) is 45.2 Å². The zero-order valence-corrected chi connectivity index (χ0v) is 10.8. The van der Waals surface area contributed by atoms with Crippen LogP contribution < -0.4 is 5.73 Å². The van der Waals surface area contributed by atoms with Crippen LogP contribution in [0.4, 0.5) is 0 Å². The van der Waals surface area contributed by atoms with E-state index in [0.717, 1.165) is 12.6 Å². The molecule has 2 N–H and O–H groups in total. The molecular weight excluding hydrogens is 184 g/mol. The standard InChI is InChI=1S/C13H28N2/c1-12(6-4-9-14)15-10-5-7-13(2,3)8-11-15/h12H,4-11,14H2,1-3H3. The van der Waals surface area contributed by atoms with Crippen molar-refractivity contribution in [3.05, 3.63) is 0 Å². The molecule has 0 aromatic rings. The molecule has 0 aromatic heterocycles. The van der Waals surface area contributed by atoms with Crippen molar-refractivity contribution in [1.29, 1.82) is 0 Å². The van der Waals surface area contributed by atoms with E-state index < -0.39 is 0 Å². The van der Waals surface area contributed by atoms with Gasteiger partial charge >= 0.3 is 0 Å². The van der Waals surface area contributed by atoms with Crippen molar-refractivity contribution in [1.82, 2.24) is 4.90 Å². The van der Waals surface area contributed by atoms with E-state index in [1.807, 2.05) is 0 Å². The number of hydrogen-bond acceptors (Lipinski definition) is 2. The first-order valence-electron chi connectivity index (χ1n) is 6.49. The molecule has 0 saturated carbocycles. The predicted molar refractivity (Wildman–Crippen MR) is 67.0 cm³/mol. The predicted octanol–water partition coefficient (Wildman–Crippen LogP) is 2.63. The van der Waals surface area contributed by atoms with Gasteiger partial charge in [0.1, 0.15) is 0 Å².